The molecule has 0 saturated carbocycles. The lowest BCUT2D eigenvalue weighted by molar-refractivity contribution is 0.126. The van der Waals surface area contributed by atoms with Crippen molar-refractivity contribution in [3.63, 3.8) is 0 Å². The first-order chi connectivity index (χ1) is 11.6. The molecule has 1 N–H and O–H groups in total. The molecule has 1 atom stereocenters. The average molecular weight is 381 g/mol. The molecule has 0 bridgehead atoms. The van der Waals surface area contributed by atoms with Gasteiger partial charge in [0.05, 0.1) is 16.6 Å². The Morgan fingerprint density at radius 3 is 2.83 bits per heavy atom. The minimum absolute atomic E-state index is 0.121. The maximum atomic E-state index is 10.1. The Bertz CT molecular complexity index is 842. The highest BCUT2D eigenvalue weighted by Crippen LogP contribution is 2.28. The number of fused-ring (bicyclic) bond motifs is 1. The highest BCUT2D eigenvalue weighted by Gasteiger charge is 2.11. The van der Waals surface area contributed by atoms with E-state index < -0.39 is 6.10 Å². The molecular formula is C17H14Cl2N2O2S. The molecule has 1 aromatic heterocycles. The van der Waals surface area contributed by atoms with Crippen LogP contribution >= 0.6 is 35.0 Å². The van der Waals surface area contributed by atoms with Crippen molar-refractivity contribution < 1.29 is 9.84 Å². The Morgan fingerprint density at radius 2 is 1.96 bits per heavy atom. The quantitative estimate of drug-likeness (QED) is 0.504. The number of benzene rings is 2. The van der Waals surface area contributed by atoms with Crippen LogP contribution < -0.4 is 4.74 Å². The van der Waals surface area contributed by atoms with E-state index in [0.29, 0.717) is 21.5 Å². The second-order valence-corrected chi connectivity index (χ2v) is 6.90. The Balaban J connectivity index is 1.59. The SMILES string of the molecule is O[C@H](COc1cc(Cl)ccc1Cl)CSc1ncnc2ccccc12. The minimum atomic E-state index is -0.668. The summed E-state index contributed by atoms with van der Waals surface area (Å²) in [6.45, 7) is 0.121. The Morgan fingerprint density at radius 1 is 1.12 bits per heavy atom. The standard InChI is InChI=1S/C17H14Cl2N2O2S/c18-11-5-6-14(19)16(7-11)23-8-12(22)9-24-17-13-3-1-2-4-15(13)20-10-21-17/h1-7,10,12,22H,8-9H2/t12-/m1/s1. The molecule has 4 nitrogen and oxygen atoms in total. The molecule has 0 amide bonds. The van der Waals surface area contributed by atoms with E-state index in [1.54, 1.807) is 18.2 Å². The molecule has 124 valence electrons. The average Bonchev–Trinajstić information content (AvgIpc) is 2.60. The van der Waals surface area contributed by atoms with Gasteiger partial charge >= 0.3 is 0 Å². The number of ether oxygens (including phenoxy) is 1. The fourth-order valence-corrected chi connectivity index (χ4v) is 3.32. The largest absolute Gasteiger partial charge is 0.489 e. The molecule has 0 unspecified atom stereocenters. The second-order valence-electron chi connectivity index (χ2n) is 5.05. The number of aliphatic hydroxyl groups is 1. The predicted molar refractivity (Wildman–Crippen MR) is 98.2 cm³/mol. The van der Waals surface area contributed by atoms with Gasteiger partial charge in [-0.1, -0.05) is 41.4 Å². The number of halogens is 2. The number of hydrogen-bond donors (Lipinski definition) is 1. The Labute approximate surface area is 153 Å². The van der Waals surface area contributed by atoms with Crippen LogP contribution in [0.5, 0.6) is 5.75 Å². The van der Waals surface area contributed by atoms with E-state index >= 15 is 0 Å². The zero-order valence-electron chi connectivity index (χ0n) is 12.5. The molecular weight excluding hydrogens is 367 g/mol. The fraction of sp³-hybridized carbons (Fsp3) is 0.176. The number of aromatic nitrogens is 2. The van der Waals surface area contributed by atoms with E-state index in [9.17, 15) is 5.11 Å². The summed E-state index contributed by atoms with van der Waals surface area (Å²) in [7, 11) is 0. The van der Waals surface area contributed by atoms with Crippen LogP contribution in [-0.2, 0) is 0 Å². The van der Waals surface area contributed by atoms with Gasteiger partial charge in [0, 0.05) is 22.2 Å². The van der Waals surface area contributed by atoms with Gasteiger partial charge in [-0.15, -0.1) is 11.8 Å². The first kappa shape index (κ1) is 17.3. The van der Waals surface area contributed by atoms with Crippen LogP contribution in [0.15, 0.2) is 53.8 Å². The first-order valence-corrected chi connectivity index (χ1v) is 8.96. The minimum Gasteiger partial charge on any atom is -0.489 e. The van der Waals surface area contributed by atoms with Gasteiger partial charge in [0.15, 0.2) is 0 Å². The summed E-state index contributed by atoms with van der Waals surface area (Å²) in [5.74, 6) is 0.903. The molecule has 24 heavy (non-hydrogen) atoms. The van der Waals surface area contributed by atoms with Crippen LogP contribution in [0.25, 0.3) is 10.9 Å². The van der Waals surface area contributed by atoms with Crippen molar-refractivity contribution in [1.29, 1.82) is 0 Å². The van der Waals surface area contributed by atoms with Crippen LogP contribution in [0, 0.1) is 0 Å². The molecule has 0 aliphatic rings. The number of rotatable bonds is 6. The second kappa shape index (κ2) is 8.03. The van der Waals surface area contributed by atoms with Gasteiger partial charge in [0.1, 0.15) is 23.7 Å². The van der Waals surface area contributed by atoms with Gasteiger partial charge in [-0.3, -0.25) is 0 Å². The van der Waals surface area contributed by atoms with E-state index in [-0.39, 0.29) is 6.61 Å². The van der Waals surface area contributed by atoms with Gasteiger partial charge in [0.25, 0.3) is 0 Å². The Hall–Kier alpha value is -1.53. The van der Waals surface area contributed by atoms with Crippen molar-refractivity contribution in [2.75, 3.05) is 12.4 Å². The van der Waals surface area contributed by atoms with Crippen LogP contribution in [0.2, 0.25) is 10.0 Å². The summed E-state index contributed by atoms with van der Waals surface area (Å²) in [4.78, 5) is 8.51. The molecule has 0 saturated heterocycles. The molecule has 3 rings (SSSR count). The van der Waals surface area contributed by atoms with E-state index in [1.807, 2.05) is 24.3 Å². The molecule has 0 spiro atoms. The van der Waals surface area contributed by atoms with Gasteiger partial charge in [0.2, 0.25) is 0 Å². The van der Waals surface area contributed by atoms with E-state index in [2.05, 4.69) is 9.97 Å². The maximum absolute atomic E-state index is 10.1. The normalized spacial score (nSPS) is 12.3. The van der Waals surface area contributed by atoms with Crippen LogP contribution in [0.4, 0.5) is 0 Å². The first-order valence-electron chi connectivity index (χ1n) is 7.22. The van der Waals surface area contributed by atoms with Gasteiger partial charge in [-0.2, -0.15) is 0 Å². The number of aliphatic hydroxyl groups excluding tert-OH is 1. The van der Waals surface area contributed by atoms with Gasteiger partial charge in [-0.05, 0) is 18.2 Å². The highest BCUT2D eigenvalue weighted by molar-refractivity contribution is 7.99. The zero-order chi connectivity index (χ0) is 16.9. The maximum Gasteiger partial charge on any atom is 0.139 e. The number of para-hydroxylation sites is 1. The van der Waals surface area contributed by atoms with Crippen molar-refractivity contribution in [3.05, 3.63) is 58.8 Å². The monoisotopic (exact) mass is 380 g/mol. The van der Waals surface area contributed by atoms with E-state index in [0.717, 1.165) is 15.9 Å². The number of thioether (sulfide) groups is 1. The molecule has 0 radical (unpaired) electrons. The summed E-state index contributed by atoms with van der Waals surface area (Å²) < 4.78 is 5.54. The van der Waals surface area contributed by atoms with Crippen LogP contribution in [0.1, 0.15) is 0 Å². The van der Waals surface area contributed by atoms with Gasteiger partial charge < -0.3 is 9.84 Å². The molecule has 2 aromatic carbocycles. The molecule has 3 aromatic rings. The molecule has 0 fully saturated rings. The van der Waals surface area contributed by atoms with Crippen LogP contribution in [0.3, 0.4) is 0 Å². The fourth-order valence-electron chi connectivity index (χ4n) is 2.09. The molecule has 7 heteroatoms. The molecule has 0 aliphatic heterocycles. The summed E-state index contributed by atoms with van der Waals surface area (Å²) in [6, 6.07) is 12.7. The molecule has 0 aliphatic carbocycles. The highest BCUT2D eigenvalue weighted by atomic mass is 35.5. The lowest BCUT2D eigenvalue weighted by Crippen LogP contribution is -2.20. The number of hydrogen-bond acceptors (Lipinski definition) is 5. The van der Waals surface area contributed by atoms with Crippen molar-refractivity contribution in [2.24, 2.45) is 0 Å². The van der Waals surface area contributed by atoms with Crippen molar-refractivity contribution in [1.82, 2.24) is 9.97 Å². The number of nitrogens with zero attached hydrogens (tertiary/aromatic N) is 2. The van der Waals surface area contributed by atoms with E-state index in [4.69, 9.17) is 27.9 Å². The third kappa shape index (κ3) is 4.30. The van der Waals surface area contributed by atoms with Crippen molar-refractivity contribution >= 4 is 45.9 Å². The van der Waals surface area contributed by atoms with Crippen molar-refractivity contribution in [3.8, 4) is 5.75 Å². The summed E-state index contributed by atoms with van der Waals surface area (Å²) >= 11 is 13.4. The molecule has 1 heterocycles. The third-order valence-corrected chi connectivity index (χ3v) is 4.94. The van der Waals surface area contributed by atoms with E-state index in [1.165, 1.54) is 18.1 Å². The Kier molecular flexibility index (Phi) is 5.79. The smallest absolute Gasteiger partial charge is 0.139 e. The van der Waals surface area contributed by atoms with Gasteiger partial charge in [-0.25, -0.2) is 9.97 Å². The third-order valence-electron chi connectivity index (χ3n) is 3.24. The summed E-state index contributed by atoms with van der Waals surface area (Å²) in [5.41, 5.74) is 0.881. The topological polar surface area (TPSA) is 55.2 Å². The lowest BCUT2D eigenvalue weighted by atomic mass is 10.2. The predicted octanol–water partition coefficient (Wildman–Crippen LogP) is 4.47. The van der Waals surface area contributed by atoms with Crippen molar-refractivity contribution in [2.45, 2.75) is 11.1 Å². The lowest BCUT2D eigenvalue weighted by Gasteiger charge is -2.13. The van der Waals surface area contributed by atoms with Crippen LogP contribution in [-0.4, -0.2) is 33.5 Å². The zero-order valence-corrected chi connectivity index (χ0v) is 14.9. The summed E-state index contributed by atoms with van der Waals surface area (Å²) in [5, 5.41) is 12.9. The summed E-state index contributed by atoms with van der Waals surface area (Å²) in [6.07, 6.45) is 0.859.